The Hall–Kier alpha value is -0.260. The molecule has 0 spiro atoms. The van der Waals surface area contributed by atoms with E-state index in [0.717, 1.165) is 6.42 Å². The SMILES string of the molecule is CC(CCOO)SC(C)CC(=O)O. The van der Waals surface area contributed by atoms with Crippen LogP contribution in [0.2, 0.25) is 0 Å². The fourth-order valence-corrected chi connectivity index (χ4v) is 2.24. The molecular formula is C8H16O4S. The van der Waals surface area contributed by atoms with Gasteiger partial charge in [0.25, 0.3) is 0 Å². The van der Waals surface area contributed by atoms with Crippen LogP contribution in [-0.4, -0.2) is 33.4 Å². The van der Waals surface area contributed by atoms with Crippen molar-refractivity contribution in [2.45, 2.75) is 37.2 Å². The third kappa shape index (κ3) is 8.08. The van der Waals surface area contributed by atoms with Gasteiger partial charge in [-0.3, -0.25) is 10.1 Å². The highest BCUT2D eigenvalue weighted by Crippen LogP contribution is 2.22. The van der Waals surface area contributed by atoms with E-state index in [9.17, 15) is 4.79 Å². The molecule has 0 radical (unpaired) electrons. The molecule has 0 rings (SSSR count). The van der Waals surface area contributed by atoms with Crippen LogP contribution in [0.3, 0.4) is 0 Å². The predicted molar refractivity (Wildman–Crippen MR) is 52.0 cm³/mol. The molecule has 13 heavy (non-hydrogen) atoms. The van der Waals surface area contributed by atoms with Gasteiger partial charge in [-0.25, -0.2) is 4.89 Å². The molecule has 0 fully saturated rings. The molecule has 0 aliphatic rings. The molecule has 0 saturated heterocycles. The number of carbonyl (C=O) groups is 1. The lowest BCUT2D eigenvalue weighted by Crippen LogP contribution is -2.11. The fourth-order valence-electron chi connectivity index (χ4n) is 0.977. The van der Waals surface area contributed by atoms with Gasteiger partial charge in [0.05, 0.1) is 13.0 Å². The van der Waals surface area contributed by atoms with Crippen molar-refractivity contribution in [2.75, 3.05) is 6.61 Å². The quantitative estimate of drug-likeness (QED) is 0.493. The zero-order valence-electron chi connectivity index (χ0n) is 7.90. The molecule has 5 heteroatoms. The summed E-state index contributed by atoms with van der Waals surface area (Å²) in [5.41, 5.74) is 0. The Bertz CT molecular complexity index is 151. The van der Waals surface area contributed by atoms with Crippen LogP contribution in [0, 0.1) is 0 Å². The van der Waals surface area contributed by atoms with Gasteiger partial charge in [0.2, 0.25) is 0 Å². The topological polar surface area (TPSA) is 66.8 Å². The van der Waals surface area contributed by atoms with Gasteiger partial charge in [-0.05, 0) is 6.42 Å². The highest BCUT2D eigenvalue weighted by molar-refractivity contribution is 8.00. The van der Waals surface area contributed by atoms with Crippen LogP contribution in [0.5, 0.6) is 0 Å². The summed E-state index contributed by atoms with van der Waals surface area (Å²) in [5.74, 6) is -0.773. The van der Waals surface area contributed by atoms with Gasteiger partial charge in [0.1, 0.15) is 0 Å². The largest absolute Gasteiger partial charge is 0.481 e. The third-order valence-corrected chi connectivity index (χ3v) is 2.87. The van der Waals surface area contributed by atoms with E-state index < -0.39 is 5.97 Å². The molecule has 0 aliphatic heterocycles. The molecular weight excluding hydrogens is 192 g/mol. The normalized spacial score (nSPS) is 15.3. The zero-order valence-corrected chi connectivity index (χ0v) is 8.71. The van der Waals surface area contributed by atoms with Crippen LogP contribution < -0.4 is 0 Å². The molecule has 4 nitrogen and oxygen atoms in total. The number of hydrogen-bond donors (Lipinski definition) is 2. The van der Waals surface area contributed by atoms with Gasteiger partial charge in [-0.1, -0.05) is 13.8 Å². The van der Waals surface area contributed by atoms with Crippen molar-refractivity contribution in [3.63, 3.8) is 0 Å². The number of carboxylic acid groups (broad SMARTS) is 1. The van der Waals surface area contributed by atoms with Crippen molar-refractivity contribution in [1.29, 1.82) is 0 Å². The molecule has 0 saturated carbocycles. The van der Waals surface area contributed by atoms with Crippen LogP contribution in [0.25, 0.3) is 0 Å². The van der Waals surface area contributed by atoms with Crippen molar-refractivity contribution >= 4 is 17.7 Å². The first-order valence-corrected chi connectivity index (χ1v) is 5.14. The summed E-state index contributed by atoms with van der Waals surface area (Å²) in [6.07, 6.45) is 0.903. The Morgan fingerprint density at radius 2 is 2.08 bits per heavy atom. The van der Waals surface area contributed by atoms with Crippen molar-refractivity contribution < 1.29 is 20.0 Å². The minimum atomic E-state index is -0.773. The molecule has 0 amide bonds. The Morgan fingerprint density at radius 1 is 1.46 bits per heavy atom. The van der Waals surface area contributed by atoms with E-state index in [1.165, 1.54) is 0 Å². The first-order valence-electron chi connectivity index (χ1n) is 4.20. The highest BCUT2D eigenvalue weighted by atomic mass is 32.2. The summed E-state index contributed by atoms with van der Waals surface area (Å²) >= 11 is 1.60. The standard InChI is InChI=1S/C8H16O4S/c1-6(3-4-12-11)13-7(2)5-8(9)10/h6-7,11H,3-5H2,1-2H3,(H,9,10). The summed E-state index contributed by atoms with van der Waals surface area (Å²) in [6.45, 7) is 4.17. The van der Waals surface area contributed by atoms with Crippen LogP contribution in [-0.2, 0) is 9.68 Å². The smallest absolute Gasteiger partial charge is 0.304 e. The molecule has 2 N–H and O–H groups in total. The van der Waals surface area contributed by atoms with Crippen molar-refractivity contribution in [1.82, 2.24) is 0 Å². The summed E-state index contributed by atoms with van der Waals surface area (Å²) in [5, 5.41) is 17.0. The van der Waals surface area contributed by atoms with Crippen LogP contribution in [0.4, 0.5) is 0 Å². The number of rotatable bonds is 7. The molecule has 0 aliphatic carbocycles. The number of hydrogen-bond acceptors (Lipinski definition) is 4. The van der Waals surface area contributed by atoms with Crippen molar-refractivity contribution in [3.05, 3.63) is 0 Å². The number of aliphatic carboxylic acids is 1. The van der Waals surface area contributed by atoms with E-state index in [-0.39, 0.29) is 11.7 Å². The third-order valence-electron chi connectivity index (χ3n) is 1.54. The summed E-state index contributed by atoms with van der Waals surface area (Å²) in [7, 11) is 0. The number of carboxylic acids is 1. The van der Waals surface area contributed by atoms with Crippen LogP contribution in [0.1, 0.15) is 26.7 Å². The van der Waals surface area contributed by atoms with E-state index in [1.807, 2.05) is 13.8 Å². The molecule has 78 valence electrons. The van der Waals surface area contributed by atoms with Gasteiger partial charge < -0.3 is 5.11 Å². The summed E-state index contributed by atoms with van der Waals surface area (Å²) < 4.78 is 0. The van der Waals surface area contributed by atoms with Gasteiger partial charge in [0.15, 0.2) is 0 Å². The van der Waals surface area contributed by atoms with Gasteiger partial charge in [-0.15, -0.1) is 0 Å². The maximum atomic E-state index is 10.3. The maximum Gasteiger partial charge on any atom is 0.304 e. The molecule has 0 aromatic heterocycles. The lowest BCUT2D eigenvalue weighted by molar-refractivity contribution is -0.242. The average molecular weight is 208 g/mol. The van der Waals surface area contributed by atoms with Crippen LogP contribution >= 0.6 is 11.8 Å². The van der Waals surface area contributed by atoms with Gasteiger partial charge in [0, 0.05) is 10.5 Å². The monoisotopic (exact) mass is 208 g/mol. The highest BCUT2D eigenvalue weighted by Gasteiger charge is 2.12. The van der Waals surface area contributed by atoms with Crippen LogP contribution in [0.15, 0.2) is 0 Å². The van der Waals surface area contributed by atoms with E-state index >= 15 is 0 Å². The molecule has 2 unspecified atom stereocenters. The zero-order chi connectivity index (χ0) is 10.3. The summed E-state index contributed by atoms with van der Waals surface area (Å²) in [6, 6.07) is 0. The second-order valence-corrected chi connectivity index (χ2v) is 4.86. The minimum absolute atomic E-state index is 0.103. The predicted octanol–water partition coefficient (Wildman–Crippen LogP) is 1.85. The first kappa shape index (κ1) is 12.7. The fraction of sp³-hybridized carbons (Fsp3) is 0.875. The Kier molecular flexibility index (Phi) is 7.03. The van der Waals surface area contributed by atoms with Crippen molar-refractivity contribution in [2.24, 2.45) is 0 Å². The molecule has 0 bridgehead atoms. The lowest BCUT2D eigenvalue weighted by atomic mass is 10.3. The molecule has 0 heterocycles. The maximum absolute atomic E-state index is 10.3. The summed E-state index contributed by atoms with van der Waals surface area (Å²) in [4.78, 5) is 14.3. The van der Waals surface area contributed by atoms with E-state index in [0.29, 0.717) is 11.9 Å². The van der Waals surface area contributed by atoms with E-state index in [2.05, 4.69) is 4.89 Å². The Balaban J connectivity index is 3.52. The van der Waals surface area contributed by atoms with Gasteiger partial charge in [-0.2, -0.15) is 11.8 Å². The first-order chi connectivity index (χ1) is 6.06. The van der Waals surface area contributed by atoms with E-state index in [4.69, 9.17) is 10.4 Å². The number of thioether (sulfide) groups is 1. The van der Waals surface area contributed by atoms with Gasteiger partial charge >= 0.3 is 5.97 Å². The van der Waals surface area contributed by atoms with Crippen molar-refractivity contribution in [3.8, 4) is 0 Å². The van der Waals surface area contributed by atoms with E-state index in [1.54, 1.807) is 11.8 Å². The second kappa shape index (κ2) is 7.17. The second-order valence-electron chi connectivity index (χ2n) is 2.98. The molecule has 2 atom stereocenters. The average Bonchev–Trinajstić information content (AvgIpc) is 1.98. The minimum Gasteiger partial charge on any atom is -0.481 e. The lowest BCUT2D eigenvalue weighted by Gasteiger charge is -2.14. The Morgan fingerprint density at radius 3 is 2.54 bits per heavy atom. The molecule has 0 aromatic carbocycles. The Labute approximate surface area is 82.2 Å². The molecule has 0 aromatic rings.